The fraction of sp³-hybridized carbons (Fsp3) is 0.500. The molecule has 114 valence electrons. The van der Waals surface area contributed by atoms with Crippen LogP contribution in [0.3, 0.4) is 0 Å². The van der Waals surface area contributed by atoms with Crippen molar-refractivity contribution in [2.45, 2.75) is 0 Å². The number of anilines is 1. The third-order valence-electron chi connectivity index (χ3n) is 3.40. The van der Waals surface area contributed by atoms with Gasteiger partial charge in [-0.25, -0.2) is 8.42 Å². The van der Waals surface area contributed by atoms with E-state index in [1.54, 1.807) is 16.5 Å². The van der Waals surface area contributed by atoms with Gasteiger partial charge in [-0.2, -0.15) is 13.7 Å². The number of hydrogen-bond donors (Lipinski definition) is 0. The normalized spacial score (nSPS) is 17.5. The number of aromatic nitrogens is 2. The number of piperazine rings is 1. The van der Waals surface area contributed by atoms with Gasteiger partial charge in [0.15, 0.2) is 0 Å². The smallest absolute Gasteiger partial charge is 0.358 e. The lowest BCUT2D eigenvalue weighted by Crippen LogP contribution is -2.48. The van der Waals surface area contributed by atoms with Crippen molar-refractivity contribution in [2.24, 2.45) is 0 Å². The van der Waals surface area contributed by atoms with Crippen LogP contribution >= 0.6 is 11.3 Å². The van der Waals surface area contributed by atoms with E-state index in [9.17, 15) is 18.5 Å². The van der Waals surface area contributed by atoms with E-state index in [0.717, 1.165) is 6.26 Å². The highest BCUT2D eigenvalue weighted by atomic mass is 32.2. The monoisotopic (exact) mass is 331 g/mol. The van der Waals surface area contributed by atoms with E-state index >= 15 is 0 Å². The SMILES string of the molecule is CS(=O)(=O)N1CCN(c2nc3sccn3c2[N+](=O)[O-])CC1. The zero-order valence-corrected chi connectivity index (χ0v) is 12.8. The Balaban J connectivity index is 1.90. The minimum atomic E-state index is -3.22. The molecular formula is C10H13N5O4S2. The van der Waals surface area contributed by atoms with Gasteiger partial charge in [-0.3, -0.25) is 0 Å². The zero-order valence-electron chi connectivity index (χ0n) is 11.2. The lowest BCUT2D eigenvalue weighted by atomic mass is 10.3. The average Bonchev–Trinajstić information content (AvgIpc) is 2.96. The number of thiazole rings is 1. The predicted octanol–water partition coefficient (Wildman–Crippen LogP) is 0.386. The zero-order chi connectivity index (χ0) is 15.2. The fourth-order valence-electron chi connectivity index (χ4n) is 2.38. The molecule has 1 saturated heterocycles. The number of hydrogen-bond acceptors (Lipinski definition) is 7. The van der Waals surface area contributed by atoms with Crippen LogP contribution in [0.4, 0.5) is 11.6 Å². The molecule has 11 heteroatoms. The molecule has 21 heavy (non-hydrogen) atoms. The Bertz CT molecular complexity index is 788. The number of sulfonamides is 1. The molecular weight excluding hydrogens is 318 g/mol. The van der Waals surface area contributed by atoms with Crippen molar-refractivity contribution < 1.29 is 13.3 Å². The van der Waals surface area contributed by atoms with Crippen LogP contribution in [0.5, 0.6) is 0 Å². The minimum Gasteiger partial charge on any atom is -0.358 e. The second-order valence-electron chi connectivity index (χ2n) is 4.72. The van der Waals surface area contributed by atoms with Crippen molar-refractivity contribution in [2.75, 3.05) is 37.3 Å². The first-order valence-electron chi connectivity index (χ1n) is 6.18. The summed E-state index contributed by atoms with van der Waals surface area (Å²) < 4.78 is 25.8. The average molecular weight is 331 g/mol. The molecule has 0 aliphatic carbocycles. The molecule has 0 saturated carbocycles. The molecule has 0 aromatic carbocycles. The van der Waals surface area contributed by atoms with Gasteiger partial charge < -0.3 is 15.0 Å². The second-order valence-corrected chi connectivity index (χ2v) is 7.58. The summed E-state index contributed by atoms with van der Waals surface area (Å²) in [6, 6.07) is 0. The van der Waals surface area contributed by atoms with Gasteiger partial charge in [0.1, 0.15) is 6.20 Å². The van der Waals surface area contributed by atoms with Crippen molar-refractivity contribution in [3.63, 3.8) is 0 Å². The Hall–Kier alpha value is -1.72. The van der Waals surface area contributed by atoms with E-state index in [2.05, 4.69) is 4.98 Å². The molecule has 3 rings (SSSR count). The Morgan fingerprint density at radius 3 is 2.57 bits per heavy atom. The van der Waals surface area contributed by atoms with Crippen LogP contribution in [0.25, 0.3) is 4.96 Å². The summed E-state index contributed by atoms with van der Waals surface area (Å²) in [6.07, 6.45) is 2.78. The fourth-order valence-corrected chi connectivity index (χ4v) is 3.91. The van der Waals surface area contributed by atoms with Gasteiger partial charge in [-0.15, -0.1) is 0 Å². The molecule has 0 spiro atoms. The number of rotatable bonds is 3. The van der Waals surface area contributed by atoms with Gasteiger partial charge in [-0.05, 0) is 4.92 Å². The summed E-state index contributed by atoms with van der Waals surface area (Å²) in [5, 5.41) is 13.0. The van der Waals surface area contributed by atoms with Crippen LogP contribution in [0.1, 0.15) is 0 Å². The Morgan fingerprint density at radius 2 is 2.00 bits per heavy atom. The number of imidazole rings is 1. The van der Waals surface area contributed by atoms with Crippen LogP contribution in [0.2, 0.25) is 0 Å². The highest BCUT2D eigenvalue weighted by Crippen LogP contribution is 2.31. The van der Waals surface area contributed by atoms with Crippen molar-refractivity contribution in [3.05, 3.63) is 21.7 Å². The van der Waals surface area contributed by atoms with Crippen molar-refractivity contribution in [3.8, 4) is 0 Å². The standard InChI is InChI=1S/C10H13N5O4S2/c1-21(18,19)13-4-2-12(3-5-13)8-9(15(16)17)14-6-7-20-10(14)11-8/h6-7H,2-5H2,1H3. The molecule has 2 aromatic heterocycles. The van der Waals surface area contributed by atoms with E-state index in [4.69, 9.17) is 0 Å². The van der Waals surface area contributed by atoms with Crippen LogP contribution < -0.4 is 4.90 Å². The summed E-state index contributed by atoms with van der Waals surface area (Å²) in [4.78, 5) is 17.4. The second kappa shape index (κ2) is 4.93. The van der Waals surface area contributed by atoms with E-state index < -0.39 is 14.9 Å². The highest BCUT2D eigenvalue weighted by molar-refractivity contribution is 7.88. The lowest BCUT2D eigenvalue weighted by Gasteiger charge is -2.32. The number of fused-ring (bicyclic) bond motifs is 1. The maximum Gasteiger partial charge on any atom is 0.373 e. The molecule has 2 aromatic rings. The maximum absolute atomic E-state index is 11.5. The van der Waals surface area contributed by atoms with Crippen LogP contribution in [-0.2, 0) is 10.0 Å². The third kappa shape index (κ3) is 2.47. The van der Waals surface area contributed by atoms with Crippen LogP contribution in [-0.4, -0.2) is 59.5 Å². The Morgan fingerprint density at radius 1 is 1.33 bits per heavy atom. The predicted molar refractivity (Wildman–Crippen MR) is 78.4 cm³/mol. The first-order valence-corrected chi connectivity index (χ1v) is 8.91. The molecule has 1 aliphatic rings. The summed E-state index contributed by atoms with van der Waals surface area (Å²) in [5.41, 5.74) is 0. The van der Waals surface area contributed by atoms with Gasteiger partial charge in [0.05, 0.1) is 6.26 Å². The third-order valence-corrected chi connectivity index (χ3v) is 5.46. The van der Waals surface area contributed by atoms with Crippen molar-refractivity contribution >= 4 is 38.0 Å². The van der Waals surface area contributed by atoms with Crippen molar-refractivity contribution in [1.82, 2.24) is 13.7 Å². The largest absolute Gasteiger partial charge is 0.373 e. The Labute approximate surface area is 124 Å². The van der Waals surface area contributed by atoms with Crippen LogP contribution in [0.15, 0.2) is 11.6 Å². The number of nitro groups is 1. The summed E-state index contributed by atoms with van der Waals surface area (Å²) in [7, 11) is -3.22. The van der Waals surface area contributed by atoms with Gasteiger partial charge in [0.2, 0.25) is 15.8 Å². The molecule has 0 amide bonds. The quantitative estimate of drug-likeness (QED) is 0.595. The van der Waals surface area contributed by atoms with E-state index in [-0.39, 0.29) is 5.82 Å². The van der Waals surface area contributed by atoms with Crippen LogP contribution in [0, 0.1) is 10.1 Å². The minimum absolute atomic E-state index is 0.0703. The van der Waals surface area contributed by atoms with E-state index in [1.807, 2.05) is 0 Å². The molecule has 9 nitrogen and oxygen atoms in total. The summed E-state index contributed by atoms with van der Waals surface area (Å²) >= 11 is 1.32. The molecule has 0 N–H and O–H groups in total. The van der Waals surface area contributed by atoms with Gasteiger partial charge in [0.25, 0.3) is 4.96 Å². The van der Waals surface area contributed by atoms with E-state index in [0.29, 0.717) is 37.0 Å². The molecule has 0 radical (unpaired) electrons. The Kier molecular flexibility index (Phi) is 3.34. The molecule has 0 atom stereocenters. The van der Waals surface area contributed by atoms with Gasteiger partial charge >= 0.3 is 5.82 Å². The molecule has 0 unspecified atom stereocenters. The molecule has 1 aliphatic heterocycles. The lowest BCUT2D eigenvalue weighted by molar-refractivity contribution is -0.389. The molecule has 1 fully saturated rings. The summed E-state index contributed by atoms with van der Waals surface area (Å²) in [6.45, 7) is 1.39. The van der Waals surface area contributed by atoms with Gasteiger partial charge in [0, 0.05) is 31.6 Å². The topological polar surface area (TPSA) is 101 Å². The summed E-state index contributed by atoms with van der Waals surface area (Å²) in [5.74, 6) is 0.235. The maximum atomic E-state index is 11.5. The van der Waals surface area contributed by atoms with Crippen molar-refractivity contribution in [1.29, 1.82) is 0 Å². The first-order chi connectivity index (χ1) is 9.88. The molecule has 3 heterocycles. The van der Waals surface area contributed by atoms with Gasteiger partial charge in [-0.1, -0.05) is 11.3 Å². The van der Waals surface area contributed by atoms with E-state index in [1.165, 1.54) is 20.0 Å². The first kappa shape index (κ1) is 14.2. The number of nitrogens with zero attached hydrogens (tertiary/aromatic N) is 5. The molecule has 0 bridgehead atoms. The highest BCUT2D eigenvalue weighted by Gasteiger charge is 2.31.